The molecule has 11 heteroatoms. The van der Waals surface area contributed by atoms with Gasteiger partial charge in [0, 0.05) is 5.56 Å². The van der Waals surface area contributed by atoms with E-state index in [1.165, 1.54) is 16.6 Å². The van der Waals surface area contributed by atoms with Gasteiger partial charge < -0.3 is 0 Å². The van der Waals surface area contributed by atoms with Gasteiger partial charge in [-0.25, -0.2) is 23.1 Å². The summed E-state index contributed by atoms with van der Waals surface area (Å²) in [7, 11) is -3.88. The molecule has 2 heterocycles. The van der Waals surface area contributed by atoms with E-state index < -0.39 is 21.8 Å². The first kappa shape index (κ1) is 18.6. The molecule has 28 heavy (non-hydrogen) atoms. The summed E-state index contributed by atoms with van der Waals surface area (Å²) < 4.78 is 61.7. The molecule has 0 fully saturated rings. The Morgan fingerprint density at radius 1 is 0.929 bits per heavy atom. The molecule has 0 aliphatic carbocycles. The molecule has 6 nitrogen and oxygen atoms in total. The number of sulfonamides is 1. The number of fused-ring (bicyclic) bond motifs is 1. The van der Waals surface area contributed by atoms with Crippen LogP contribution in [0.15, 0.2) is 59.1 Å². The van der Waals surface area contributed by atoms with Crippen LogP contribution in [0.2, 0.25) is 0 Å². The Labute approximate surface area is 161 Å². The van der Waals surface area contributed by atoms with Crippen molar-refractivity contribution >= 4 is 26.3 Å². The second-order valence-corrected chi connectivity index (χ2v) is 8.61. The highest BCUT2D eigenvalue weighted by atomic mass is 32.2. The number of primary sulfonamides is 1. The van der Waals surface area contributed by atoms with Crippen LogP contribution >= 0.6 is 11.3 Å². The van der Waals surface area contributed by atoms with Crippen LogP contribution in [0, 0.1) is 0 Å². The fourth-order valence-corrected chi connectivity index (χ4v) is 4.13. The summed E-state index contributed by atoms with van der Waals surface area (Å²) in [6.07, 6.45) is -2.79. The summed E-state index contributed by atoms with van der Waals surface area (Å²) in [6, 6.07) is 12.0. The van der Waals surface area contributed by atoms with Crippen molar-refractivity contribution in [2.75, 3.05) is 0 Å². The van der Waals surface area contributed by atoms with Crippen LogP contribution in [0.4, 0.5) is 13.2 Å². The molecule has 4 aromatic rings. The molecule has 0 bridgehead atoms. The van der Waals surface area contributed by atoms with E-state index in [1.807, 2.05) is 0 Å². The summed E-state index contributed by atoms with van der Waals surface area (Å²) >= 11 is 0.859. The van der Waals surface area contributed by atoms with Gasteiger partial charge in [-0.1, -0.05) is 47.7 Å². The first-order chi connectivity index (χ1) is 13.1. The fraction of sp³-hybridized carbons (Fsp3) is 0.0588. The third-order valence-electron chi connectivity index (χ3n) is 3.99. The largest absolute Gasteiger partial charge is 0.416 e. The Morgan fingerprint density at radius 2 is 1.46 bits per heavy atom. The number of hydrogen-bond acceptors (Lipinski definition) is 5. The van der Waals surface area contributed by atoms with Gasteiger partial charge in [0.15, 0.2) is 0 Å². The molecule has 0 aliphatic rings. The normalized spacial score (nSPS) is 12.6. The number of rotatable bonds is 3. The Morgan fingerprint density at radius 3 is 1.96 bits per heavy atom. The quantitative estimate of drug-likeness (QED) is 0.542. The lowest BCUT2D eigenvalue weighted by Gasteiger charge is -2.08. The second kappa shape index (κ2) is 6.40. The van der Waals surface area contributed by atoms with Gasteiger partial charge in [0.05, 0.1) is 17.5 Å². The summed E-state index contributed by atoms with van der Waals surface area (Å²) in [4.78, 5) is 4.71. The van der Waals surface area contributed by atoms with E-state index in [2.05, 4.69) is 10.1 Å². The highest BCUT2D eigenvalue weighted by Crippen LogP contribution is 2.31. The average molecular weight is 424 g/mol. The van der Waals surface area contributed by atoms with E-state index >= 15 is 0 Å². The minimum Gasteiger partial charge on any atom is -0.223 e. The number of hydrogen-bond donors (Lipinski definition) is 1. The van der Waals surface area contributed by atoms with Gasteiger partial charge >= 0.3 is 6.18 Å². The Bertz CT molecular complexity index is 1230. The number of nitrogens with two attached hydrogens (primary N) is 1. The van der Waals surface area contributed by atoms with Crippen molar-refractivity contribution < 1.29 is 21.6 Å². The van der Waals surface area contributed by atoms with Crippen molar-refractivity contribution in [1.29, 1.82) is 0 Å². The minimum atomic E-state index is -4.37. The van der Waals surface area contributed by atoms with E-state index in [0.29, 0.717) is 16.2 Å². The lowest BCUT2D eigenvalue weighted by Crippen LogP contribution is -2.12. The summed E-state index contributed by atoms with van der Waals surface area (Å²) in [5.41, 5.74) is 2.06. The third-order valence-corrected chi connectivity index (χ3v) is 6.23. The van der Waals surface area contributed by atoms with Gasteiger partial charge in [0.2, 0.25) is 9.30 Å². The van der Waals surface area contributed by atoms with E-state index in [1.54, 1.807) is 30.5 Å². The maximum absolute atomic E-state index is 12.7. The highest BCUT2D eigenvalue weighted by Gasteiger charge is 2.29. The summed E-state index contributed by atoms with van der Waals surface area (Å²) in [5.74, 6) is 0. The zero-order valence-electron chi connectivity index (χ0n) is 13.9. The monoisotopic (exact) mass is 424 g/mol. The molecule has 2 aromatic heterocycles. The topological polar surface area (TPSA) is 90.4 Å². The van der Waals surface area contributed by atoms with Crippen LogP contribution in [0.25, 0.3) is 27.3 Å². The Kier molecular flexibility index (Phi) is 4.25. The highest BCUT2D eigenvalue weighted by molar-refractivity contribution is 7.91. The minimum absolute atomic E-state index is 0.223. The van der Waals surface area contributed by atoms with E-state index in [0.717, 1.165) is 34.6 Å². The number of aromatic nitrogens is 3. The van der Waals surface area contributed by atoms with Gasteiger partial charge in [-0.3, -0.25) is 0 Å². The van der Waals surface area contributed by atoms with Crippen LogP contribution in [-0.2, 0) is 16.2 Å². The molecule has 2 aromatic carbocycles. The second-order valence-electron chi connectivity index (χ2n) is 5.92. The van der Waals surface area contributed by atoms with Gasteiger partial charge in [0.1, 0.15) is 0 Å². The predicted molar refractivity (Wildman–Crippen MR) is 98.1 cm³/mol. The maximum atomic E-state index is 12.7. The number of nitrogens with zero attached hydrogens (tertiary/aromatic N) is 3. The molecule has 0 amide bonds. The summed E-state index contributed by atoms with van der Waals surface area (Å²) in [5, 5.41) is 8.94. The molecule has 0 saturated carbocycles. The smallest absolute Gasteiger partial charge is 0.223 e. The van der Waals surface area contributed by atoms with Crippen LogP contribution in [-0.4, -0.2) is 23.0 Å². The molecule has 0 saturated heterocycles. The molecule has 0 aliphatic heterocycles. The van der Waals surface area contributed by atoms with Crippen molar-refractivity contribution in [1.82, 2.24) is 14.6 Å². The van der Waals surface area contributed by atoms with Crippen molar-refractivity contribution in [3.05, 3.63) is 60.3 Å². The van der Waals surface area contributed by atoms with Gasteiger partial charge in [-0.2, -0.15) is 13.2 Å². The van der Waals surface area contributed by atoms with Gasteiger partial charge in [-0.15, -0.1) is 5.10 Å². The van der Waals surface area contributed by atoms with Crippen molar-refractivity contribution in [2.45, 2.75) is 10.5 Å². The number of imidazole rings is 1. The molecular weight excluding hydrogens is 413 g/mol. The molecular formula is C17H11F3N4O2S2. The van der Waals surface area contributed by atoms with Crippen LogP contribution in [0.3, 0.4) is 0 Å². The lowest BCUT2D eigenvalue weighted by molar-refractivity contribution is -0.137. The molecule has 2 N–H and O–H groups in total. The van der Waals surface area contributed by atoms with Crippen molar-refractivity contribution in [2.24, 2.45) is 5.14 Å². The maximum Gasteiger partial charge on any atom is 0.416 e. The van der Waals surface area contributed by atoms with Crippen LogP contribution < -0.4 is 5.14 Å². The van der Waals surface area contributed by atoms with Crippen molar-refractivity contribution in [3.8, 4) is 22.4 Å². The molecule has 0 unspecified atom stereocenters. The zero-order chi connectivity index (χ0) is 20.1. The molecule has 144 valence electrons. The number of alkyl halides is 3. The van der Waals surface area contributed by atoms with E-state index in [4.69, 9.17) is 5.14 Å². The SMILES string of the molecule is NS(=O)(=O)c1nn2cc(-c3ccc(-c4ccc(C(F)(F)F)cc4)cc3)nc2s1. The van der Waals surface area contributed by atoms with E-state index in [-0.39, 0.29) is 4.34 Å². The fourth-order valence-electron chi connectivity index (χ4n) is 2.62. The Balaban J connectivity index is 1.61. The lowest BCUT2D eigenvalue weighted by atomic mass is 10.0. The van der Waals surface area contributed by atoms with Crippen LogP contribution in [0.5, 0.6) is 0 Å². The number of halogens is 3. The summed E-state index contributed by atoms with van der Waals surface area (Å²) in [6.45, 7) is 0. The first-order valence-corrected chi connectivity index (χ1v) is 10.1. The standard InChI is InChI=1S/C17H11F3N4O2S2/c18-17(19,20)13-7-5-11(6-8-13)10-1-3-12(4-2-10)14-9-24-15(22-14)27-16(23-24)28(21,25)26/h1-9H,(H2,21,25,26). The molecule has 0 radical (unpaired) electrons. The zero-order valence-corrected chi connectivity index (χ0v) is 15.5. The third kappa shape index (κ3) is 3.51. The Hall–Kier alpha value is -2.76. The van der Waals surface area contributed by atoms with Crippen molar-refractivity contribution in [3.63, 3.8) is 0 Å². The predicted octanol–water partition coefficient (Wildman–Crippen LogP) is 3.79. The van der Waals surface area contributed by atoms with E-state index in [9.17, 15) is 21.6 Å². The van der Waals surface area contributed by atoms with Crippen LogP contribution in [0.1, 0.15) is 5.56 Å². The number of benzene rings is 2. The molecule has 4 rings (SSSR count). The average Bonchev–Trinajstić information content (AvgIpc) is 3.20. The van der Waals surface area contributed by atoms with Gasteiger partial charge in [-0.05, 0) is 23.3 Å². The first-order valence-electron chi connectivity index (χ1n) is 7.78. The molecule has 0 spiro atoms. The van der Waals surface area contributed by atoms with Gasteiger partial charge in [0.25, 0.3) is 10.0 Å². The molecule has 0 atom stereocenters.